The van der Waals surface area contributed by atoms with Crippen LogP contribution in [0.15, 0.2) is 60.9 Å². The lowest BCUT2D eigenvalue weighted by Gasteiger charge is -2.07. The van der Waals surface area contributed by atoms with Crippen molar-refractivity contribution in [1.82, 2.24) is 9.97 Å². The van der Waals surface area contributed by atoms with Crippen molar-refractivity contribution in [3.63, 3.8) is 0 Å². The zero-order valence-corrected chi connectivity index (χ0v) is 15.9. The molecule has 28 heavy (non-hydrogen) atoms. The quantitative estimate of drug-likeness (QED) is 0.491. The highest BCUT2D eigenvalue weighted by molar-refractivity contribution is 7.20. The number of nitrogens with zero attached hydrogens (tertiary/aromatic N) is 2. The maximum Gasteiger partial charge on any atom is 0.159 e. The fourth-order valence-electron chi connectivity index (χ4n) is 3.15. The first-order valence-electron chi connectivity index (χ1n) is 9.06. The van der Waals surface area contributed by atoms with E-state index in [0.717, 1.165) is 32.3 Å². The lowest BCUT2D eigenvalue weighted by atomic mass is 10.2. The maximum atomic E-state index is 5.47. The van der Waals surface area contributed by atoms with Crippen LogP contribution in [0.3, 0.4) is 0 Å². The van der Waals surface area contributed by atoms with Gasteiger partial charge in [-0.2, -0.15) is 0 Å². The van der Waals surface area contributed by atoms with E-state index < -0.39 is 0 Å². The third-order valence-electron chi connectivity index (χ3n) is 4.56. The van der Waals surface area contributed by atoms with Gasteiger partial charge in [0.05, 0.1) is 15.9 Å². The Morgan fingerprint density at radius 1 is 1.07 bits per heavy atom. The molecule has 0 saturated heterocycles. The third-order valence-corrected chi connectivity index (χ3v) is 5.66. The number of aromatic nitrogens is 2. The molecule has 2 N–H and O–H groups in total. The van der Waals surface area contributed by atoms with Gasteiger partial charge in [0.15, 0.2) is 6.73 Å². The van der Waals surface area contributed by atoms with Crippen molar-refractivity contribution >= 4 is 45.2 Å². The molecule has 0 saturated carbocycles. The van der Waals surface area contributed by atoms with Gasteiger partial charge in [-0.1, -0.05) is 42.5 Å². The van der Waals surface area contributed by atoms with E-state index in [1.54, 1.807) is 17.7 Å². The summed E-state index contributed by atoms with van der Waals surface area (Å²) in [5.74, 6) is 1.76. The van der Waals surface area contributed by atoms with Crippen molar-refractivity contribution in [3.8, 4) is 5.75 Å². The second kappa shape index (κ2) is 7.32. The second-order valence-corrected chi connectivity index (χ2v) is 7.56. The van der Waals surface area contributed by atoms with Crippen LogP contribution in [0.4, 0.5) is 11.5 Å². The van der Waals surface area contributed by atoms with Gasteiger partial charge in [0.25, 0.3) is 0 Å². The number of benzene rings is 2. The van der Waals surface area contributed by atoms with Crippen molar-refractivity contribution in [3.05, 3.63) is 76.9 Å². The van der Waals surface area contributed by atoms with Gasteiger partial charge in [-0.3, -0.25) is 0 Å². The number of fused-ring (bicyclic) bond motifs is 2. The molecule has 2 aromatic carbocycles. The summed E-state index contributed by atoms with van der Waals surface area (Å²) >= 11 is 1.69. The molecule has 0 amide bonds. The molecule has 0 unspecified atom stereocenters. The molecule has 4 aromatic rings. The summed E-state index contributed by atoms with van der Waals surface area (Å²) < 4.78 is 6.54. The average molecular weight is 386 g/mol. The van der Waals surface area contributed by atoms with Crippen molar-refractivity contribution in [1.29, 1.82) is 0 Å². The molecule has 3 heterocycles. The standard InChI is InChI=1S/C22H18N4OS/c1-2-4-15(5-3-1)6-8-17-11-19-21(28-17)22(25-13-24-19)23-12-16-7-9-20-18(10-16)26-14-27-20/h1-11,13,26H,12,14H2,(H,23,24,25)/b8-6+. The Bertz CT molecular complexity index is 1150. The summed E-state index contributed by atoms with van der Waals surface area (Å²) in [7, 11) is 0. The molecule has 0 fully saturated rings. The van der Waals surface area contributed by atoms with Crippen LogP contribution in [0.1, 0.15) is 16.0 Å². The van der Waals surface area contributed by atoms with Gasteiger partial charge in [0.2, 0.25) is 0 Å². The molecule has 0 atom stereocenters. The molecule has 5 rings (SSSR count). The number of nitrogens with one attached hydrogen (secondary N) is 2. The largest absolute Gasteiger partial charge is 0.471 e. The van der Waals surface area contributed by atoms with E-state index >= 15 is 0 Å². The van der Waals surface area contributed by atoms with Gasteiger partial charge in [0.1, 0.15) is 17.9 Å². The molecule has 1 aliphatic heterocycles. The Morgan fingerprint density at radius 2 is 2.00 bits per heavy atom. The minimum Gasteiger partial charge on any atom is -0.471 e. The minimum absolute atomic E-state index is 0.535. The first-order chi connectivity index (χ1) is 13.8. The lowest BCUT2D eigenvalue weighted by molar-refractivity contribution is 0.372. The van der Waals surface area contributed by atoms with E-state index in [-0.39, 0.29) is 0 Å². The van der Waals surface area contributed by atoms with Crippen LogP contribution >= 0.6 is 11.3 Å². The number of ether oxygens (including phenoxy) is 1. The van der Waals surface area contributed by atoms with Gasteiger partial charge >= 0.3 is 0 Å². The predicted molar refractivity (Wildman–Crippen MR) is 116 cm³/mol. The SMILES string of the molecule is C(=C\c1cc2ncnc(NCc3ccc4c(c3)NCO4)c2s1)/c1ccccc1. The van der Waals surface area contributed by atoms with Gasteiger partial charge < -0.3 is 15.4 Å². The van der Waals surface area contributed by atoms with Crippen LogP contribution in [0.25, 0.3) is 22.4 Å². The van der Waals surface area contributed by atoms with Gasteiger partial charge in [-0.25, -0.2) is 9.97 Å². The van der Waals surface area contributed by atoms with Gasteiger partial charge in [-0.05, 0) is 35.4 Å². The molecule has 138 valence electrons. The summed E-state index contributed by atoms with van der Waals surface area (Å²) in [6.07, 6.45) is 5.85. The van der Waals surface area contributed by atoms with E-state index in [4.69, 9.17) is 4.74 Å². The van der Waals surface area contributed by atoms with Crippen LogP contribution < -0.4 is 15.4 Å². The van der Waals surface area contributed by atoms with Crippen molar-refractivity contribution in [2.24, 2.45) is 0 Å². The number of rotatable bonds is 5. The van der Waals surface area contributed by atoms with E-state index in [1.807, 2.05) is 24.3 Å². The summed E-state index contributed by atoms with van der Waals surface area (Å²) in [5, 5.41) is 6.67. The van der Waals surface area contributed by atoms with E-state index in [2.05, 4.69) is 63.1 Å². The average Bonchev–Trinajstić information content (AvgIpc) is 3.37. The van der Waals surface area contributed by atoms with Gasteiger partial charge in [0, 0.05) is 11.4 Å². The van der Waals surface area contributed by atoms with E-state index in [9.17, 15) is 0 Å². The topological polar surface area (TPSA) is 59.1 Å². The summed E-state index contributed by atoms with van der Waals surface area (Å²) in [6, 6.07) is 18.6. The summed E-state index contributed by atoms with van der Waals surface area (Å²) in [4.78, 5) is 10.0. The monoisotopic (exact) mass is 386 g/mol. The number of hydrogen-bond acceptors (Lipinski definition) is 6. The predicted octanol–water partition coefficient (Wildman–Crippen LogP) is 5.24. The van der Waals surface area contributed by atoms with Crippen molar-refractivity contribution in [2.75, 3.05) is 17.4 Å². The Hall–Kier alpha value is -3.38. The lowest BCUT2D eigenvalue weighted by Crippen LogP contribution is -2.02. The van der Waals surface area contributed by atoms with Gasteiger partial charge in [-0.15, -0.1) is 11.3 Å². The second-order valence-electron chi connectivity index (χ2n) is 6.48. The summed E-state index contributed by atoms with van der Waals surface area (Å²) in [5.41, 5.74) is 4.35. The fraction of sp³-hybridized carbons (Fsp3) is 0.0909. The highest BCUT2D eigenvalue weighted by Crippen LogP contribution is 2.32. The maximum absolute atomic E-state index is 5.47. The zero-order valence-electron chi connectivity index (χ0n) is 15.1. The first kappa shape index (κ1) is 16.8. The molecule has 6 heteroatoms. The Balaban J connectivity index is 1.36. The zero-order chi connectivity index (χ0) is 18.8. The van der Waals surface area contributed by atoms with E-state index in [1.165, 1.54) is 11.1 Å². The fourth-order valence-corrected chi connectivity index (χ4v) is 4.13. The molecule has 0 radical (unpaired) electrons. The Labute approximate surface area is 166 Å². The van der Waals surface area contributed by atoms with Crippen LogP contribution in [0.2, 0.25) is 0 Å². The first-order valence-corrected chi connectivity index (χ1v) is 9.88. The molecule has 5 nitrogen and oxygen atoms in total. The Morgan fingerprint density at radius 3 is 2.93 bits per heavy atom. The van der Waals surface area contributed by atoms with E-state index in [0.29, 0.717) is 13.3 Å². The molecule has 1 aliphatic rings. The number of thiophene rings is 1. The smallest absolute Gasteiger partial charge is 0.159 e. The van der Waals surface area contributed by atoms with Crippen LogP contribution in [-0.4, -0.2) is 16.7 Å². The summed E-state index contributed by atoms with van der Waals surface area (Å²) in [6.45, 7) is 1.22. The van der Waals surface area contributed by atoms with Crippen LogP contribution in [0, 0.1) is 0 Å². The van der Waals surface area contributed by atoms with Crippen molar-refractivity contribution < 1.29 is 4.74 Å². The van der Waals surface area contributed by atoms with Crippen molar-refractivity contribution in [2.45, 2.75) is 6.54 Å². The van der Waals surface area contributed by atoms with Crippen LogP contribution in [0.5, 0.6) is 5.75 Å². The minimum atomic E-state index is 0.535. The molecule has 2 aromatic heterocycles. The molecule has 0 bridgehead atoms. The van der Waals surface area contributed by atoms with Crippen LogP contribution in [-0.2, 0) is 6.54 Å². The molecular weight excluding hydrogens is 368 g/mol. The number of hydrogen-bond donors (Lipinski definition) is 2. The Kier molecular flexibility index (Phi) is 4.39. The third kappa shape index (κ3) is 3.42. The normalized spacial score (nSPS) is 12.7. The highest BCUT2D eigenvalue weighted by atomic mass is 32.1. The molecule has 0 aliphatic carbocycles. The molecular formula is C22H18N4OS. The number of anilines is 2. The molecule has 0 spiro atoms. The highest BCUT2D eigenvalue weighted by Gasteiger charge is 2.12.